The molecule has 0 aliphatic carbocycles. The maximum absolute atomic E-state index is 12.0. The summed E-state index contributed by atoms with van der Waals surface area (Å²) in [5.74, 6) is 0.592. The van der Waals surface area contributed by atoms with Crippen molar-refractivity contribution in [2.75, 3.05) is 20.2 Å². The van der Waals surface area contributed by atoms with Crippen molar-refractivity contribution in [3.63, 3.8) is 0 Å². The van der Waals surface area contributed by atoms with E-state index in [9.17, 15) is 4.79 Å². The fourth-order valence-corrected chi connectivity index (χ4v) is 3.23. The summed E-state index contributed by atoms with van der Waals surface area (Å²) in [6, 6.07) is 3.79. The van der Waals surface area contributed by atoms with Crippen LogP contribution in [0.4, 0.5) is 5.69 Å². The van der Waals surface area contributed by atoms with Gasteiger partial charge in [0.2, 0.25) is 0 Å². The van der Waals surface area contributed by atoms with Crippen LogP contribution in [0.15, 0.2) is 21.6 Å². The van der Waals surface area contributed by atoms with Gasteiger partial charge in [0.25, 0.3) is 0 Å². The summed E-state index contributed by atoms with van der Waals surface area (Å²) in [5, 5.41) is 0. The third-order valence-corrected chi connectivity index (χ3v) is 4.30. The molecule has 0 spiro atoms. The molecule has 0 bridgehead atoms. The van der Waals surface area contributed by atoms with Gasteiger partial charge >= 0.3 is 5.97 Å². The van der Waals surface area contributed by atoms with E-state index in [1.54, 1.807) is 0 Å². The first kappa shape index (κ1) is 16.0. The van der Waals surface area contributed by atoms with Crippen molar-refractivity contribution in [1.82, 2.24) is 4.90 Å². The molecule has 2 rings (SSSR count). The topological polar surface area (TPSA) is 41.9 Å². The average Bonchev–Trinajstić information content (AvgIpc) is 2.49. The Morgan fingerprint density at radius 3 is 2.57 bits per heavy atom. The van der Waals surface area contributed by atoms with E-state index < -0.39 is 0 Å². The van der Waals surface area contributed by atoms with E-state index in [4.69, 9.17) is 4.74 Å². The number of rotatable bonds is 2. The molecular weight excluding hydrogens is 332 g/mol. The number of hydrogen-bond acceptors (Lipinski definition) is 3. The summed E-state index contributed by atoms with van der Waals surface area (Å²) < 4.78 is 5.69. The molecule has 1 fully saturated rings. The van der Waals surface area contributed by atoms with Crippen LogP contribution < -0.4 is 0 Å². The van der Waals surface area contributed by atoms with Crippen LogP contribution in [0.2, 0.25) is 0 Å². The molecule has 0 amide bonds. The zero-order valence-electron chi connectivity index (χ0n) is 12.8. The zero-order valence-corrected chi connectivity index (χ0v) is 14.4. The van der Waals surface area contributed by atoms with Crippen LogP contribution in [0.3, 0.4) is 0 Å². The highest BCUT2D eigenvalue weighted by molar-refractivity contribution is 9.10. The summed E-state index contributed by atoms with van der Waals surface area (Å²) in [7, 11) is 1.39. The van der Waals surface area contributed by atoms with Crippen LogP contribution in [0.25, 0.3) is 0 Å². The van der Waals surface area contributed by atoms with Crippen LogP contribution in [-0.2, 0) is 4.74 Å². The second kappa shape index (κ2) is 7.07. The molecule has 0 saturated carbocycles. The fraction of sp³-hybridized carbons (Fsp3) is 0.500. The van der Waals surface area contributed by atoms with Crippen molar-refractivity contribution in [3.8, 4) is 0 Å². The number of ether oxygens (including phenoxy) is 1. The number of nitrogens with zero attached hydrogens (tertiary/aromatic N) is 2. The maximum atomic E-state index is 12.0. The van der Waals surface area contributed by atoms with Gasteiger partial charge in [-0.3, -0.25) is 0 Å². The van der Waals surface area contributed by atoms with Gasteiger partial charge in [-0.15, -0.1) is 0 Å². The van der Waals surface area contributed by atoms with Crippen LogP contribution >= 0.6 is 15.9 Å². The van der Waals surface area contributed by atoms with Gasteiger partial charge in [-0.05, 0) is 66.7 Å². The largest absolute Gasteiger partial charge is 0.465 e. The number of esters is 1. The Hall–Kier alpha value is -1.36. The zero-order chi connectivity index (χ0) is 15.4. The lowest BCUT2D eigenvalue weighted by Gasteiger charge is -2.28. The minimum absolute atomic E-state index is 0.357. The number of amidine groups is 1. The Bertz CT molecular complexity index is 564. The molecule has 1 heterocycles. The van der Waals surface area contributed by atoms with E-state index >= 15 is 0 Å². The van der Waals surface area contributed by atoms with Crippen molar-refractivity contribution < 1.29 is 9.53 Å². The van der Waals surface area contributed by atoms with Crippen molar-refractivity contribution in [1.29, 1.82) is 0 Å². The Balaban J connectivity index is 2.39. The van der Waals surface area contributed by atoms with E-state index in [1.807, 2.05) is 26.0 Å². The van der Waals surface area contributed by atoms with Gasteiger partial charge in [0.05, 0.1) is 18.4 Å². The SMILES string of the molecule is COC(=O)c1cc(C)cc(Br)c1N=C(C)N1CCCCC1. The number of hydrogen-bond donors (Lipinski definition) is 0. The van der Waals surface area contributed by atoms with E-state index in [0.29, 0.717) is 11.3 Å². The number of halogens is 1. The van der Waals surface area contributed by atoms with Gasteiger partial charge in [0, 0.05) is 17.6 Å². The van der Waals surface area contributed by atoms with Crippen molar-refractivity contribution in [2.24, 2.45) is 4.99 Å². The highest BCUT2D eigenvalue weighted by atomic mass is 79.9. The predicted octanol–water partition coefficient (Wildman–Crippen LogP) is 4.08. The summed E-state index contributed by atoms with van der Waals surface area (Å²) in [5.41, 5.74) is 2.15. The molecule has 0 aromatic heterocycles. The Morgan fingerprint density at radius 1 is 1.29 bits per heavy atom. The van der Waals surface area contributed by atoms with Crippen LogP contribution in [0.5, 0.6) is 0 Å². The third-order valence-electron chi connectivity index (χ3n) is 3.70. The van der Waals surface area contributed by atoms with Crippen molar-refractivity contribution in [3.05, 3.63) is 27.7 Å². The molecule has 21 heavy (non-hydrogen) atoms. The molecule has 1 aromatic carbocycles. The lowest BCUT2D eigenvalue weighted by Crippen LogP contribution is -2.33. The smallest absolute Gasteiger partial charge is 0.340 e. The molecule has 1 aliphatic heterocycles. The summed E-state index contributed by atoms with van der Waals surface area (Å²) in [6.07, 6.45) is 3.68. The van der Waals surface area contributed by atoms with E-state index in [1.165, 1.54) is 26.4 Å². The molecule has 0 unspecified atom stereocenters. The molecule has 1 saturated heterocycles. The molecule has 0 radical (unpaired) electrons. The molecular formula is C16H21BrN2O2. The predicted molar refractivity (Wildman–Crippen MR) is 88.4 cm³/mol. The standard InChI is InChI=1S/C16H21BrN2O2/c1-11-9-13(16(20)21-3)15(14(17)10-11)18-12(2)19-7-5-4-6-8-19/h9-10H,4-8H2,1-3H3. The quantitative estimate of drug-likeness (QED) is 0.457. The first-order chi connectivity index (χ1) is 10.0. The number of piperidine rings is 1. The minimum Gasteiger partial charge on any atom is -0.465 e. The van der Waals surface area contributed by atoms with Crippen LogP contribution in [0, 0.1) is 6.92 Å². The number of aliphatic imine (C=N–C) groups is 1. The Morgan fingerprint density at radius 2 is 1.95 bits per heavy atom. The third kappa shape index (κ3) is 3.84. The lowest BCUT2D eigenvalue weighted by atomic mass is 10.1. The highest BCUT2D eigenvalue weighted by Crippen LogP contribution is 2.32. The first-order valence-electron chi connectivity index (χ1n) is 7.21. The molecule has 114 valence electrons. The van der Waals surface area contributed by atoms with Gasteiger partial charge in [0.1, 0.15) is 5.84 Å². The lowest BCUT2D eigenvalue weighted by molar-refractivity contribution is 0.0601. The fourth-order valence-electron chi connectivity index (χ4n) is 2.56. The summed E-state index contributed by atoms with van der Waals surface area (Å²) in [6.45, 7) is 6.01. The number of methoxy groups -OCH3 is 1. The molecule has 4 nitrogen and oxygen atoms in total. The number of carbonyl (C=O) groups is 1. The first-order valence-corrected chi connectivity index (χ1v) is 8.01. The maximum Gasteiger partial charge on any atom is 0.340 e. The van der Waals surface area contributed by atoms with Crippen molar-refractivity contribution >= 4 is 33.4 Å². The number of aryl methyl sites for hydroxylation is 1. The molecule has 5 heteroatoms. The van der Waals surface area contributed by atoms with Gasteiger partial charge in [-0.1, -0.05) is 0 Å². The van der Waals surface area contributed by atoms with E-state index in [2.05, 4.69) is 25.8 Å². The average molecular weight is 353 g/mol. The Kier molecular flexibility index (Phi) is 5.39. The molecule has 1 aromatic rings. The van der Waals surface area contributed by atoms with Crippen molar-refractivity contribution in [2.45, 2.75) is 33.1 Å². The molecule has 1 aliphatic rings. The number of likely N-dealkylation sites (tertiary alicyclic amines) is 1. The van der Waals surface area contributed by atoms with E-state index in [0.717, 1.165) is 29.0 Å². The second-order valence-electron chi connectivity index (χ2n) is 5.34. The van der Waals surface area contributed by atoms with Crippen LogP contribution in [-0.4, -0.2) is 36.9 Å². The molecule has 0 N–H and O–H groups in total. The Labute approximate surface area is 134 Å². The minimum atomic E-state index is -0.357. The summed E-state index contributed by atoms with van der Waals surface area (Å²) >= 11 is 3.51. The van der Waals surface area contributed by atoms with Gasteiger partial charge < -0.3 is 9.64 Å². The number of benzene rings is 1. The second-order valence-corrected chi connectivity index (χ2v) is 6.20. The molecule has 0 atom stereocenters. The van der Waals surface area contributed by atoms with Gasteiger partial charge in [-0.2, -0.15) is 0 Å². The van der Waals surface area contributed by atoms with Crippen LogP contribution in [0.1, 0.15) is 42.1 Å². The number of carbonyl (C=O) groups excluding carboxylic acids is 1. The monoisotopic (exact) mass is 352 g/mol. The summed E-state index contributed by atoms with van der Waals surface area (Å²) in [4.78, 5) is 18.9. The normalized spacial score (nSPS) is 16.0. The highest BCUT2D eigenvalue weighted by Gasteiger charge is 2.17. The van der Waals surface area contributed by atoms with Gasteiger partial charge in [-0.25, -0.2) is 9.79 Å². The van der Waals surface area contributed by atoms with E-state index in [-0.39, 0.29) is 5.97 Å². The van der Waals surface area contributed by atoms with Gasteiger partial charge in [0.15, 0.2) is 0 Å².